The maximum absolute atomic E-state index is 12.4. The van der Waals surface area contributed by atoms with Crippen molar-refractivity contribution < 1.29 is 9.53 Å². The lowest BCUT2D eigenvalue weighted by atomic mass is 9.76. The van der Waals surface area contributed by atoms with Crippen LogP contribution in [0.15, 0.2) is 24.3 Å². The Balaban J connectivity index is 0.00000181. The second kappa shape index (κ2) is 13.1. The molecule has 4 heterocycles. The smallest absolute Gasteiger partial charge is 0.305 e. The SMILES string of the molecule is CN1CCCCCCCCCC(=O)OC[C@H]2[C@H](C[C@@H]3CC[C@H]2N3C)c2ccc1cc2.Cl.Cl. The Kier molecular flexibility index (Phi) is 11.1. The maximum Gasteiger partial charge on any atom is 0.305 e. The average molecular weight is 486 g/mol. The molecule has 0 aliphatic carbocycles. The molecule has 0 N–H and O–H groups in total. The van der Waals surface area contributed by atoms with E-state index in [4.69, 9.17) is 4.74 Å². The quantitative estimate of drug-likeness (QED) is 0.409. The molecule has 2 saturated heterocycles. The van der Waals surface area contributed by atoms with Crippen LogP contribution in [-0.2, 0) is 9.53 Å². The van der Waals surface area contributed by atoms with Gasteiger partial charge < -0.3 is 14.5 Å². The van der Waals surface area contributed by atoms with Gasteiger partial charge in [0.25, 0.3) is 0 Å². The summed E-state index contributed by atoms with van der Waals surface area (Å²) in [5, 5.41) is 0. The Morgan fingerprint density at radius 1 is 0.875 bits per heavy atom. The summed E-state index contributed by atoms with van der Waals surface area (Å²) in [7, 11) is 4.49. The number of esters is 1. The molecule has 1 aromatic rings. The highest BCUT2D eigenvalue weighted by Gasteiger charge is 2.46. The second-order valence-electron chi connectivity index (χ2n) is 9.89. The standard InChI is InChI=1S/C26H40N2O2.2ClH/c1-27-17-9-7-5-3-4-6-8-10-26(29)30-19-24-23(20-11-13-21(27)14-12-20)18-22-15-16-25(24)28(22)2;;/h11-14,22-25H,3-10,15-19H2,1-2H3;2*1H/t22-,23+,24-,25+;;/m0../s1. The highest BCUT2D eigenvalue weighted by Crippen LogP contribution is 2.46. The van der Waals surface area contributed by atoms with Crippen LogP contribution in [0.3, 0.4) is 0 Å². The van der Waals surface area contributed by atoms with Crippen LogP contribution < -0.4 is 4.90 Å². The molecule has 4 aliphatic heterocycles. The topological polar surface area (TPSA) is 32.8 Å². The van der Waals surface area contributed by atoms with E-state index in [0.717, 1.165) is 19.4 Å². The molecule has 5 rings (SSSR count). The number of fused-ring (bicyclic) bond motifs is 16. The van der Waals surface area contributed by atoms with Gasteiger partial charge in [0.2, 0.25) is 0 Å². The molecule has 0 unspecified atom stereocenters. The van der Waals surface area contributed by atoms with Gasteiger partial charge in [-0.15, -0.1) is 24.8 Å². The minimum Gasteiger partial charge on any atom is -0.465 e. The number of hydrogen-bond acceptors (Lipinski definition) is 4. The summed E-state index contributed by atoms with van der Waals surface area (Å²) in [6, 6.07) is 10.5. The number of rotatable bonds is 0. The zero-order chi connectivity index (χ0) is 20.9. The van der Waals surface area contributed by atoms with Gasteiger partial charge in [-0.2, -0.15) is 0 Å². The van der Waals surface area contributed by atoms with Crippen molar-refractivity contribution in [2.24, 2.45) is 5.92 Å². The fourth-order valence-corrected chi connectivity index (χ4v) is 6.06. The molecule has 1 aromatic carbocycles. The van der Waals surface area contributed by atoms with Crippen molar-refractivity contribution in [3.05, 3.63) is 29.8 Å². The molecule has 4 aliphatic rings. The first-order valence-corrected chi connectivity index (χ1v) is 12.3. The van der Waals surface area contributed by atoms with E-state index in [-0.39, 0.29) is 30.8 Å². The molecule has 6 heteroatoms. The fraction of sp³-hybridized carbons (Fsp3) is 0.731. The Labute approximate surface area is 207 Å². The van der Waals surface area contributed by atoms with Gasteiger partial charge in [0.05, 0.1) is 6.61 Å². The van der Waals surface area contributed by atoms with Gasteiger partial charge in [-0.3, -0.25) is 4.79 Å². The number of halogens is 2. The van der Waals surface area contributed by atoms with E-state index in [1.54, 1.807) is 0 Å². The molecular weight excluding hydrogens is 443 g/mol. The Morgan fingerprint density at radius 3 is 2.25 bits per heavy atom. The molecule has 4 bridgehead atoms. The van der Waals surface area contributed by atoms with Crippen LogP contribution in [0.5, 0.6) is 0 Å². The average Bonchev–Trinajstić information content (AvgIpc) is 2.99. The third-order valence-corrected chi connectivity index (χ3v) is 8.01. The predicted molar refractivity (Wildman–Crippen MR) is 138 cm³/mol. The first-order chi connectivity index (χ1) is 14.6. The number of hydrogen-bond donors (Lipinski definition) is 0. The lowest BCUT2D eigenvalue weighted by Gasteiger charge is -2.43. The molecule has 0 amide bonds. The van der Waals surface area contributed by atoms with Gasteiger partial charge in [0.15, 0.2) is 0 Å². The summed E-state index contributed by atoms with van der Waals surface area (Å²) >= 11 is 0. The Morgan fingerprint density at radius 2 is 1.53 bits per heavy atom. The van der Waals surface area contributed by atoms with E-state index in [1.165, 1.54) is 62.6 Å². The fourth-order valence-electron chi connectivity index (χ4n) is 6.06. The number of piperidine rings is 1. The van der Waals surface area contributed by atoms with Crippen LogP contribution >= 0.6 is 24.8 Å². The maximum atomic E-state index is 12.4. The molecule has 4 atom stereocenters. The van der Waals surface area contributed by atoms with Crippen LogP contribution in [0, 0.1) is 5.92 Å². The number of carbonyl (C=O) groups is 1. The monoisotopic (exact) mass is 484 g/mol. The lowest BCUT2D eigenvalue weighted by molar-refractivity contribution is -0.146. The van der Waals surface area contributed by atoms with Gasteiger partial charge in [-0.05, 0) is 62.8 Å². The first-order valence-electron chi connectivity index (χ1n) is 12.3. The van der Waals surface area contributed by atoms with Crippen LogP contribution in [-0.4, -0.2) is 50.2 Å². The van der Waals surface area contributed by atoms with Crippen molar-refractivity contribution in [3.8, 4) is 0 Å². The Bertz CT molecular complexity index is 700. The van der Waals surface area contributed by atoms with Gasteiger partial charge in [-0.1, -0.05) is 44.2 Å². The van der Waals surface area contributed by atoms with E-state index >= 15 is 0 Å². The van der Waals surface area contributed by atoms with Crippen LogP contribution in [0.2, 0.25) is 0 Å². The number of anilines is 1. The Hall–Kier alpha value is -0.970. The molecular formula is C26H42Cl2N2O2. The third-order valence-electron chi connectivity index (χ3n) is 8.01. The molecule has 0 aromatic heterocycles. The number of ether oxygens (including phenoxy) is 1. The van der Waals surface area contributed by atoms with E-state index in [9.17, 15) is 4.79 Å². The molecule has 0 saturated carbocycles. The van der Waals surface area contributed by atoms with Crippen molar-refractivity contribution >= 4 is 36.5 Å². The first kappa shape index (κ1) is 27.3. The largest absolute Gasteiger partial charge is 0.465 e. The minimum absolute atomic E-state index is 0. The summed E-state index contributed by atoms with van der Waals surface area (Å²) in [5.41, 5.74) is 2.74. The summed E-state index contributed by atoms with van der Waals surface area (Å²) in [5.74, 6) is 0.905. The van der Waals surface area contributed by atoms with E-state index < -0.39 is 0 Å². The van der Waals surface area contributed by atoms with Gasteiger partial charge in [0, 0.05) is 43.7 Å². The summed E-state index contributed by atoms with van der Waals surface area (Å²) in [6.45, 7) is 1.70. The zero-order valence-corrected chi connectivity index (χ0v) is 21.5. The number of benzene rings is 1. The summed E-state index contributed by atoms with van der Waals surface area (Å²) in [4.78, 5) is 17.4. The van der Waals surface area contributed by atoms with E-state index in [0.29, 0.717) is 36.9 Å². The molecule has 32 heavy (non-hydrogen) atoms. The summed E-state index contributed by atoms with van der Waals surface area (Å²) in [6.07, 6.45) is 12.8. The van der Waals surface area contributed by atoms with Crippen molar-refractivity contribution in [3.63, 3.8) is 0 Å². The highest BCUT2D eigenvalue weighted by atomic mass is 35.5. The lowest BCUT2D eigenvalue weighted by Crippen LogP contribution is -2.47. The predicted octanol–water partition coefficient (Wildman–Crippen LogP) is 6.21. The van der Waals surface area contributed by atoms with Crippen molar-refractivity contribution in [1.82, 2.24) is 4.90 Å². The second-order valence-corrected chi connectivity index (χ2v) is 9.89. The van der Waals surface area contributed by atoms with Crippen LogP contribution in [0.1, 0.15) is 82.1 Å². The van der Waals surface area contributed by atoms with Crippen molar-refractivity contribution in [2.45, 2.75) is 88.6 Å². The van der Waals surface area contributed by atoms with Crippen LogP contribution in [0.4, 0.5) is 5.69 Å². The van der Waals surface area contributed by atoms with Crippen molar-refractivity contribution in [2.75, 3.05) is 32.1 Å². The number of nitrogens with zero attached hydrogens (tertiary/aromatic N) is 2. The van der Waals surface area contributed by atoms with Gasteiger partial charge >= 0.3 is 5.97 Å². The molecule has 0 spiro atoms. The molecule has 0 radical (unpaired) electrons. The number of carbonyl (C=O) groups excluding carboxylic acids is 1. The van der Waals surface area contributed by atoms with E-state index in [2.05, 4.69) is 48.2 Å². The molecule has 2 fully saturated rings. The van der Waals surface area contributed by atoms with Crippen molar-refractivity contribution in [1.29, 1.82) is 0 Å². The highest BCUT2D eigenvalue weighted by molar-refractivity contribution is 5.85. The zero-order valence-electron chi connectivity index (χ0n) is 19.8. The van der Waals surface area contributed by atoms with Gasteiger partial charge in [0.1, 0.15) is 0 Å². The molecule has 182 valence electrons. The summed E-state index contributed by atoms with van der Waals surface area (Å²) < 4.78 is 5.86. The van der Waals surface area contributed by atoms with Gasteiger partial charge in [-0.25, -0.2) is 0 Å². The minimum atomic E-state index is 0. The van der Waals surface area contributed by atoms with E-state index in [1.807, 2.05) is 0 Å². The molecule has 4 nitrogen and oxygen atoms in total. The third kappa shape index (κ3) is 6.55. The van der Waals surface area contributed by atoms with Crippen LogP contribution in [0.25, 0.3) is 0 Å². The normalized spacial score (nSPS) is 30.1.